The highest BCUT2D eigenvalue weighted by molar-refractivity contribution is 6.01. The number of aliphatic hydroxyl groups is 1. The Kier molecular flexibility index (Phi) is 3.68. The van der Waals surface area contributed by atoms with Crippen molar-refractivity contribution in [2.45, 2.75) is 32.3 Å². The first-order valence-electron chi connectivity index (χ1n) is 7.68. The van der Waals surface area contributed by atoms with Crippen molar-refractivity contribution >= 4 is 22.6 Å². The summed E-state index contributed by atoms with van der Waals surface area (Å²) in [5.74, 6) is -0.0745. The molecule has 1 atom stereocenters. The van der Waals surface area contributed by atoms with Gasteiger partial charge < -0.3 is 14.9 Å². The topological polar surface area (TPSA) is 70.0 Å². The van der Waals surface area contributed by atoms with Crippen LogP contribution in [0.2, 0.25) is 0 Å². The fraction of sp³-hybridized carbons (Fsp3) is 0.389. The minimum atomic E-state index is -0.604. The maximum Gasteiger partial charge on any atom is 0.414 e. The zero-order valence-corrected chi connectivity index (χ0v) is 13.5. The lowest BCUT2D eigenvalue weighted by Gasteiger charge is -2.25. The molecular formula is C18H21NO4. The summed E-state index contributed by atoms with van der Waals surface area (Å²) in [5, 5.41) is 21.6. The van der Waals surface area contributed by atoms with Gasteiger partial charge in [0.25, 0.3) is 0 Å². The summed E-state index contributed by atoms with van der Waals surface area (Å²) in [7, 11) is 0. The molecule has 1 amide bonds. The van der Waals surface area contributed by atoms with E-state index in [1.807, 2.05) is 45.0 Å². The first kappa shape index (κ1) is 15.6. The number of benzene rings is 2. The van der Waals surface area contributed by atoms with E-state index in [9.17, 15) is 15.0 Å². The summed E-state index contributed by atoms with van der Waals surface area (Å²) >= 11 is 0. The number of carbonyl (C=O) groups excluding carboxylic acids is 1. The number of aliphatic hydroxyl groups excluding tert-OH is 1. The third kappa shape index (κ3) is 2.72. The van der Waals surface area contributed by atoms with Gasteiger partial charge in [0, 0.05) is 23.9 Å². The SMILES string of the molecule is CC(C)(C)OC(=O)N1C[C@@H](CO)c2c1cc(O)c1ccccc21. The van der Waals surface area contributed by atoms with Crippen molar-refractivity contribution in [3.8, 4) is 5.75 Å². The van der Waals surface area contributed by atoms with Crippen LogP contribution in [0.25, 0.3) is 10.8 Å². The number of phenols is 1. The Hall–Kier alpha value is -2.27. The zero-order chi connectivity index (χ0) is 16.8. The summed E-state index contributed by atoms with van der Waals surface area (Å²) < 4.78 is 5.45. The smallest absolute Gasteiger partial charge is 0.414 e. The number of phenolic OH excluding ortho intramolecular Hbond substituents is 1. The molecular weight excluding hydrogens is 294 g/mol. The maximum atomic E-state index is 12.5. The van der Waals surface area contributed by atoms with Crippen molar-refractivity contribution in [1.82, 2.24) is 0 Å². The lowest BCUT2D eigenvalue weighted by molar-refractivity contribution is 0.0581. The molecule has 0 bridgehead atoms. The molecule has 2 aromatic rings. The molecule has 3 rings (SSSR count). The molecule has 5 nitrogen and oxygen atoms in total. The standard InChI is InChI=1S/C18H21NO4/c1-18(2,3)23-17(22)19-9-11(10-20)16-13-7-5-4-6-12(13)15(21)8-14(16)19/h4-8,11,20-21H,9-10H2,1-3H3/t11-/m0/s1. The van der Waals surface area contributed by atoms with E-state index in [-0.39, 0.29) is 18.3 Å². The fourth-order valence-corrected chi connectivity index (χ4v) is 3.07. The second-order valence-corrected chi connectivity index (χ2v) is 6.84. The number of amides is 1. The lowest BCUT2D eigenvalue weighted by atomic mass is 9.95. The third-order valence-corrected chi connectivity index (χ3v) is 3.98. The van der Waals surface area contributed by atoms with Crippen LogP contribution in [0.1, 0.15) is 32.3 Å². The second kappa shape index (κ2) is 5.42. The Morgan fingerprint density at radius 2 is 1.96 bits per heavy atom. The van der Waals surface area contributed by atoms with E-state index in [0.29, 0.717) is 12.2 Å². The molecule has 0 saturated carbocycles. The first-order valence-corrected chi connectivity index (χ1v) is 7.68. The van der Waals surface area contributed by atoms with Gasteiger partial charge in [0.2, 0.25) is 0 Å². The van der Waals surface area contributed by atoms with Crippen molar-refractivity contribution in [3.63, 3.8) is 0 Å². The average molecular weight is 315 g/mol. The highest BCUT2D eigenvalue weighted by atomic mass is 16.6. The van der Waals surface area contributed by atoms with Crippen LogP contribution in [0, 0.1) is 0 Å². The van der Waals surface area contributed by atoms with Crippen molar-refractivity contribution in [3.05, 3.63) is 35.9 Å². The molecule has 5 heteroatoms. The number of hydrogen-bond donors (Lipinski definition) is 2. The van der Waals surface area contributed by atoms with Crippen LogP contribution < -0.4 is 4.90 Å². The van der Waals surface area contributed by atoms with Crippen molar-refractivity contribution in [2.24, 2.45) is 0 Å². The molecule has 0 unspecified atom stereocenters. The molecule has 0 aliphatic carbocycles. The number of anilines is 1. The number of rotatable bonds is 1. The Morgan fingerprint density at radius 1 is 1.30 bits per heavy atom. The molecule has 0 aromatic heterocycles. The van der Waals surface area contributed by atoms with Gasteiger partial charge in [-0.15, -0.1) is 0 Å². The first-order chi connectivity index (χ1) is 10.8. The highest BCUT2D eigenvalue weighted by Gasteiger charge is 2.36. The quantitative estimate of drug-likeness (QED) is 0.846. The Morgan fingerprint density at radius 3 is 2.57 bits per heavy atom. The molecule has 0 spiro atoms. The van der Waals surface area contributed by atoms with Crippen LogP contribution >= 0.6 is 0 Å². The second-order valence-electron chi connectivity index (χ2n) is 6.84. The molecule has 23 heavy (non-hydrogen) atoms. The van der Waals surface area contributed by atoms with Gasteiger partial charge in [0.15, 0.2) is 0 Å². The average Bonchev–Trinajstić information content (AvgIpc) is 2.84. The lowest BCUT2D eigenvalue weighted by Crippen LogP contribution is -2.36. The minimum absolute atomic E-state index is 0.0684. The summed E-state index contributed by atoms with van der Waals surface area (Å²) in [5.41, 5.74) is 0.884. The fourth-order valence-electron chi connectivity index (χ4n) is 3.07. The zero-order valence-electron chi connectivity index (χ0n) is 13.5. The monoisotopic (exact) mass is 315 g/mol. The van der Waals surface area contributed by atoms with Crippen molar-refractivity contribution < 1.29 is 19.7 Å². The van der Waals surface area contributed by atoms with Gasteiger partial charge in [-0.1, -0.05) is 24.3 Å². The number of nitrogens with zero attached hydrogens (tertiary/aromatic N) is 1. The molecule has 1 aliphatic rings. The van der Waals surface area contributed by atoms with Crippen LogP contribution in [-0.2, 0) is 4.74 Å². The predicted molar refractivity (Wildman–Crippen MR) is 89.0 cm³/mol. The maximum absolute atomic E-state index is 12.5. The third-order valence-electron chi connectivity index (χ3n) is 3.98. The van der Waals surface area contributed by atoms with Gasteiger partial charge in [-0.25, -0.2) is 4.79 Å². The molecule has 1 aliphatic heterocycles. The van der Waals surface area contributed by atoms with E-state index < -0.39 is 11.7 Å². The van der Waals surface area contributed by atoms with Crippen molar-refractivity contribution in [1.29, 1.82) is 0 Å². The van der Waals surface area contributed by atoms with Crippen LogP contribution in [0.5, 0.6) is 5.75 Å². The molecule has 0 fully saturated rings. The van der Waals surface area contributed by atoms with Crippen LogP contribution in [0.3, 0.4) is 0 Å². The van der Waals surface area contributed by atoms with Crippen LogP contribution in [-0.4, -0.2) is 35.1 Å². The van der Waals surface area contributed by atoms with Gasteiger partial charge in [0.05, 0.1) is 12.3 Å². The summed E-state index contributed by atoms with van der Waals surface area (Å²) in [6, 6.07) is 9.04. The Labute approximate surface area is 135 Å². The van der Waals surface area contributed by atoms with Gasteiger partial charge in [-0.3, -0.25) is 4.90 Å². The largest absolute Gasteiger partial charge is 0.507 e. The van der Waals surface area contributed by atoms with Gasteiger partial charge in [-0.2, -0.15) is 0 Å². The van der Waals surface area contributed by atoms with E-state index in [0.717, 1.165) is 16.3 Å². The highest BCUT2D eigenvalue weighted by Crippen LogP contribution is 2.44. The molecule has 0 saturated heterocycles. The van der Waals surface area contributed by atoms with Gasteiger partial charge in [0.1, 0.15) is 11.4 Å². The molecule has 2 aromatic carbocycles. The molecule has 2 N–H and O–H groups in total. The van der Waals surface area contributed by atoms with Crippen LogP contribution in [0.15, 0.2) is 30.3 Å². The summed E-state index contributed by atoms with van der Waals surface area (Å²) in [6.07, 6.45) is -0.468. The number of hydrogen-bond acceptors (Lipinski definition) is 4. The number of carbonyl (C=O) groups is 1. The number of ether oxygens (including phenoxy) is 1. The van der Waals surface area contributed by atoms with E-state index in [1.54, 1.807) is 6.07 Å². The summed E-state index contributed by atoms with van der Waals surface area (Å²) in [4.78, 5) is 14.0. The van der Waals surface area contributed by atoms with Gasteiger partial charge in [-0.05, 0) is 31.7 Å². The predicted octanol–water partition coefficient (Wildman–Crippen LogP) is 3.38. The molecule has 1 heterocycles. The number of fused-ring (bicyclic) bond motifs is 3. The van der Waals surface area contributed by atoms with E-state index >= 15 is 0 Å². The Bertz CT molecular complexity index is 763. The molecule has 0 radical (unpaired) electrons. The summed E-state index contributed by atoms with van der Waals surface area (Å²) in [6.45, 7) is 5.70. The normalized spacial score (nSPS) is 17.4. The van der Waals surface area contributed by atoms with E-state index in [1.165, 1.54) is 4.90 Å². The Balaban J connectivity index is 2.13. The van der Waals surface area contributed by atoms with E-state index in [4.69, 9.17) is 4.74 Å². The molecule has 122 valence electrons. The van der Waals surface area contributed by atoms with E-state index in [2.05, 4.69) is 0 Å². The number of aromatic hydroxyl groups is 1. The van der Waals surface area contributed by atoms with Crippen LogP contribution in [0.4, 0.5) is 10.5 Å². The van der Waals surface area contributed by atoms with Gasteiger partial charge >= 0.3 is 6.09 Å². The van der Waals surface area contributed by atoms with Crippen molar-refractivity contribution in [2.75, 3.05) is 18.1 Å². The minimum Gasteiger partial charge on any atom is -0.507 e.